The van der Waals surface area contributed by atoms with E-state index in [1.54, 1.807) is 0 Å². The summed E-state index contributed by atoms with van der Waals surface area (Å²) < 4.78 is 0. The molecule has 4 heteroatoms. The van der Waals surface area contributed by atoms with Crippen LogP contribution in [-0.2, 0) is 17.6 Å². The van der Waals surface area contributed by atoms with Crippen LogP contribution in [0.15, 0.2) is 36.4 Å². The van der Waals surface area contributed by atoms with Crippen LogP contribution in [0.25, 0.3) is 0 Å². The molecule has 2 aliphatic heterocycles. The Morgan fingerprint density at radius 1 is 1.14 bits per heavy atom. The van der Waals surface area contributed by atoms with Gasteiger partial charge in [0.1, 0.15) is 0 Å². The molecule has 0 radical (unpaired) electrons. The SMILES string of the molecule is Cc1cc(N2CC(C)C2)cc(CCc2ccc(C(C)C3C(=O)NCC3C)cc2)n1. The van der Waals surface area contributed by atoms with Crippen LogP contribution >= 0.6 is 0 Å². The molecule has 4 rings (SSSR count). The summed E-state index contributed by atoms with van der Waals surface area (Å²) in [5.74, 6) is 1.73. The molecule has 29 heavy (non-hydrogen) atoms. The molecule has 0 aliphatic carbocycles. The lowest BCUT2D eigenvalue weighted by molar-refractivity contribution is -0.123. The van der Waals surface area contributed by atoms with Gasteiger partial charge in [-0.05, 0) is 60.8 Å². The second-order valence-electron chi connectivity index (χ2n) is 9.25. The van der Waals surface area contributed by atoms with Gasteiger partial charge in [0.05, 0.1) is 0 Å². The standard InChI is InChI=1S/C25H33N3O/c1-16-14-28(15-16)23-11-18(3)27-22(12-23)10-7-20-5-8-21(9-6-20)19(4)24-17(2)13-26-25(24)29/h5-6,8-9,11-12,16-17,19,24H,7,10,13-15H2,1-4H3,(H,26,29). The smallest absolute Gasteiger partial charge is 0.224 e. The van der Waals surface area contributed by atoms with Gasteiger partial charge in [0.25, 0.3) is 0 Å². The van der Waals surface area contributed by atoms with Crippen LogP contribution in [0.2, 0.25) is 0 Å². The molecule has 2 saturated heterocycles. The number of rotatable bonds is 6. The zero-order chi connectivity index (χ0) is 20.5. The lowest BCUT2D eigenvalue weighted by atomic mass is 9.81. The number of nitrogens with one attached hydrogen (secondary N) is 1. The van der Waals surface area contributed by atoms with Crippen LogP contribution in [0.5, 0.6) is 0 Å². The molecule has 2 aliphatic rings. The molecule has 1 aromatic carbocycles. The molecule has 1 aromatic heterocycles. The number of nitrogens with zero attached hydrogens (tertiary/aromatic N) is 2. The molecule has 4 nitrogen and oxygen atoms in total. The first-order chi connectivity index (χ1) is 13.9. The van der Waals surface area contributed by atoms with Gasteiger partial charge in [0.2, 0.25) is 5.91 Å². The van der Waals surface area contributed by atoms with Crippen molar-refractivity contribution < 1.29 is 4.79 Å². The van der Waals surface area contributed by atoms with Crippen LogP contribution in [-0.4, -0.2) is 30.5 Å². The van der Waals surface area contributed by atoms with E-state index in [2.05, 4.69) is 74.3 Å². The average molecular weight is 392 g/mol. The fourth-order valence-electron chi connectivity index (χ4n) is 4.89. The number of pyridine rings is 1. The predicted molar refractivity (Wildman–Crippen MR) is 118 cm³/mol. The summed E-state index contributed by atoms with van der Waals surface area (Å²) in [7, 11) is 0. The molecule has 2 fully saturated rings. The van der Waals surface area contributed by atoms with E-state index >= 15 is 0 Å². The number of hydrogen-bond donors (Lipinski definition) is 1. The molecule has 3 unspecified atom stereocenters. The summed E-state index contributed by atoms with van der Waals surface area (Å²) in [6, 6.07) is 13.3. The molecular weight excluding hydrogens is 358 g/mol. The highest BCUT2D eigenvalue weighted by Gasteiger charge is 2.36. The summed E-state index contributed by atoms with van der Waals surface area (Å²) in [5, 5.41) is 3.00. The van der Waals surface area contributed by atoms with Gasteiger partial charge in [-0.1, -0.05) is 45.0 Å². The first kappa shape index (κ1) is 19.9. The average Bonchev–Trinajstić information content (AvgIpc) is 3.01. The van der Waals surface area contributed by atoms with E-state index in [4.69, 9.17) is 4.98 Å². The molecule has 0 spiro atoms. The number of carbonyl (C=O) groups is 1. The van der Waals surface area contributed by atoms with Gasteiger partial charge in [-0.3, -0.25) is 9.78 Å². The van der Waals surface area contributed by atoms with E-state index in [1.165, 1.54) is 22.5 Å². The maximum atomic E-state index is 12.2. The minimum Gasteiger partial charge on any atom is -0.371 e. The number of aromatic nitrogens is 1. The van der Waals surface area contributed by atoms with Gasteiger partial charge in [0, 0.05) is 42.6 Å². The van der Waals surface area contributed by atoms with E-state index in [1.807, 2.05) is 0 Å². The van der Waals surface area contributed by atoms with Crippen LogP contribution in [0.3, 0.4) is 0 Å². The van der Waals surface area contributed by atoms with Crippen LogP contribution in [0.1, 0.15) is 49.2 Å². The first-order valence-corrected chi connectivity index (χ1v) is 11.0. The third-order valence-electron chi connectivity index (χ3n) is 6.65. The third kappa shape index (κ3) is 4.31. The summed E-state index contributed by atoms with van der Waals surface area (Å²) in [5.41, 5.74) is 6.18. The van der Waals surface area contributed by atoms with Crippen molar-refractivity contribution in [2.24, 2.45) is 17.8 Å². The summed E-state index contributed by atoms with van der Waals surface area (Å²) >= 11 is 0. The van der Waals surface area contributed by atoms with Gasteiger partial charge in [-0.25, -0.2) is 0 Å². The van der Waals surface area contributed by atoms with Crippen molar-refractivity contribution in [3.63, 3.8) is 0 Å². The highest BCUT2D eigenvalue weighted by molar-refractivity contribution is 5.82. The number of carbonyl (C=O) groups excluding carboxylic acids is 1. The number of amides is 1. The van der Waals surface area contributed by atoms with Crippen molar-refractivity contribution in [2.45, 2.75) is 46.5 Å². The molecule has 1 amide bonds. The van der Waals surface area contributed by atoms with E-state index in [-0.39, 0.29) is 17.7 Å². The van der Waals surface area contributed by atoms with E-state index in [0.717, 1.165) is 44.1 Å². The number of benzene rings is 1. The van der Waals surface area contributed by atoms with E-state index < -0.39 is 0 Å². The molecule has 3 atom stereocenters. The van der Waals surface area contributed by atoms with Gasteiger partial charge < -0.3 is 10.2 Å². The van der Waals surface area contributed by atoms with Gasteiger partial charge in [0.15, 0.2) is 0 Å². The van der Waals surface area contributed by atoms with Gasteiger partial charge in [-0.2, -0.15) is 0 Å². The minimum absolute atomic E-state index is 0.0833. The number of aryl methyl sites for hydroxylation is 3. The van der Waals surface area contributed by atoms with Crippen molar-refractivity contribution in [1.29, 1.82) is 0 Å². The van der Waals surface area contributed by atoms with Crippen LogP contribution in [0.4, 0.5) is 5.69 Å². The Bertz CT molecular complexity index is 870. The molecule has 0 saturated carbocycles. The molecule has 2 aromatic rings. The quantitative estimate of drug-likeness (QED) is 0.806. The lowest BCUT2D eigenvalue weighted by Crippen LogP contribution is -2.45. The molecule has 1 N–H and O–H groups in total. The van der Waals surface area contributed by atoms with Crippen molar-refractivity contribution in [1.82, 2.24) is 10.3 Å². The van der Waals surface area contributed by atoms with Crippen molar-refractivity contribution in [2.75, 3.05) is 24.5 Å². The van der Waals surface area contributed by atoms with Crippen molar-refractivity contribution >= 4 is 11.6 Å². The summed E-state index contributed by atoms with van der Waals surface area (Å²) in [6.45, 7) is 11.8. The Balaban J connectivity index is 1.39. The Hall–Kier alpha value is -2.36. The Labute approximate surface area is 174 Å². The Morgan fingerprint density at radius 3 is 2.48 bits per heavy atom. The highest BCUT2D eigenvalue weighted by atomic mass is 16.2. The highest BCUT2D eigenvalue weighted by Crippen LogP contribution is 2.33. The zero-order valence-electron chi connectivity index (χ0n) is 18.1. The predicted octanol–water partition coefficient (Wildman–Crippen LogP) is 4.12. The van der Waals surface area contributed by atoms with Crippen molar-refractivity contribution in [3.8, 4) is 0 Å². The number of anilines is 1. The molecular formula is C25H33N3O. The molecule has 0 bridgehead atoms. The molecule has 154 valence electrons. The van der Waals surface area contributed by atoms with Crippen LogP contribution < -0.4 is 10.2 Å². The topological polar surface area (TPSA) is 45.2 Å². The third-order valence-corrected chi connectivity index (χ3v) is 6.65. The second kappa shape index (κ2) is 8.17. The summed E-state index contributed by atoms with van der Waals surface area (Å²) in [4.78, 5) is 19.3. The van der Waals surface area contributed by atoms with Crippen LogP contribution in [0, 0.1) is 24.7 Å². The minimum atomic E-state index is 0.0833. The second-order valence-corrected chi connectivity index (χ2v) is 9.25. The number of hydrogen-bond acceptors (Lipinski definition) is 3. The van der Waals surface area contributed by atoms with E-state index in [0.29, 0.717) is 5.92 Å². The van der Waals surface area contributed by atoms with Gasteiger partial charge in [-0.15, -0.1) is 0 Å². The van der Waals surface area contributed by atoms with Gasteiger partial charge >= 0.3 is 0 Å². The lowest BCUT2D eigenvalue weighted by Gasteiger charge is -2.39. The molecule has 3 heterocycles. The van der Waals surface area contributed by atoms with E-state index in [9.17, 15) is 4.79 Å². The zero-order valence-corrected chi connectivity index (χ0v) is 18.1. The van der Waals surface area contributed by atoms with Crippen molar-refractivity contribution in [3.05, 3.63) is 58.9 Å². The first-order valence-electron chi connectivity index (χ1n) is 11.0. The normalized spacial score (nSPS) is 23.0. The fourth-order valence-corrected chi connectivity index (χ4v) is 4.89. The maximum Gasteiger partial charge on any atom is 0.224 e. The Morgan fingerprint density at radius 2 is 1.86 bits per heavy atom. The maximum absolute atomic E-state index is 12.2. The Kier molecular flexibility index (Phi) is 5.62. The fraction of sp³-hybridized carbons (Fsp3) is 0.520. The largest absolute Gasteiger partial charge is 0.371 e. The summed E-state index contributed by atoms with van der Waals surface area (Å²) in [6.07, 6.45) is 1.94. The monoisotopic (exact) mass is 391 g/mol.